The van der Waals surface area contributed by atoms with Crippen LogP contribution in [0.5, 0.6) is 0 Å². The molecular weight excluding hydrogens is 330 g/mol. The van der Waals surface area contributed by atoms with Gasteiger partial charge in [0.2, 0.25) is 5.91 Å². The lowest BCUT2D eigenvalue weighted by Crippen LogP contribution is -2.35. The van der Waals surface area contributed by atoms with Crippen molar-refractivity contribution >= 4 is 17.7 Å². The number of primary amides is 1. The SMILES string of the molecule is CN1CC[C@@H](CN(C(=O)O)c2ccccc2-c2cccc(C(N)=O)c2)C1. The highest BCUT2D eigenvalue weighted by Crippen LogP contribution is 2.32. The zero-order valence-electron chi connectivity index (χ0n) is 14.8. The monoisotopic (exact) mass is 353 g/mol. The average molecular weight is 353 g/mol. The van der Waals surface area contributed by atoms with Crippen molar-refractivity contribution in [3.8, 4) is 11.1 Å². The molecule has 1 aliphatic rings. The number of carbonyl (C=O) groups is 2. The number of carbonyl (C=O) groups excluding carboxylic acids is 1. The van der Waals surface area contributed by atoms with E-state index in [1.165, 1.54) is 4.90 Å². The van der Waals surface area contributed by atoms with Gasteiger partial charge in [-0.2, -0.15) is 0 Å². The first-order valence-electron chi connectivity index (χ1n) is 8.64. The Morgan fingerprint density at radius 2 is 2.00 bits per heavy atom. The van der Waals surface area contributed by atoms with Gasteiger partial charge >= 0.3 is 6.09 Å². The van der Waals surface area contributed by atoms with Crippen LogP contribution in [0, 0.1) is 5.92 Å². The molecule has 0 unspecified atom stereocenters. The minimum atomic E-state index is -0.974. The maximum absolute atomic E-state index is 12.0. The second-order valence-electron chi connectivity index (χ2n) is 6.77. The summed E-state index contributed by atoms with van der Waals surface area (Å²) in [7, 11) is 2.05. The summed E-state index contributed by atoms with van der Waals surface area (Å²) in [6.07, 6.45) is 0.0117. The zero-order chi connectivity index (χ0) is 18.7. The summed E-state index contributed by atoms with van der Waals surface area (Å²) < 4.78 is 0. The molecule has 0 aromatic heterocycles. The Bertz CT molecular complexity index is 821. The van der Waals surface area contributed by atoms with Crippen LogP contribution in [0.25, 0.3) is 11.1 Å². The number of likely N-dealkylation sites (tertiary alicyclic amines) is 1. The molecule has 3 rings (SSSR count). The lowest BCUT2D eigenvalue weighted by atomic mass is 9.99. The zero-order valence-corrected chi connectivity index (χ0v) is 14.8. The fourth-order valence-electron chi connectivity index (χ4n) is 3.51. The summed E-state index contributed by atoms with van der Waals surface area (Å²) in [4.78, 5) is 27.1. The van der Waals surface area contributed by atoms with Gasteiger partial charge in [-0.1, -0.05) is 30.3 Å². The number of anilines is 1. The summed E-state index contributed by atoms with van der Waals surface area (Å²) >= 11 is 0. The minimum Gasteiger partial charge on any atom is -0.465 e. The van der Waals surface area contributed by atoms with Crippen LogP contribution < -0.4 is 10.6 Å². The molecule has 1 saturated heterocycles. The molecule has 6 heteroatoms. The van der Waals surface area contributed by atoms with E-state index >= 15 is 0 Å². The number of amides is 2. The van der Waals surface area contributed by atoms with Gasteiger partial charge in [0.15, 0.2) is 0 Å². The molecule has 0 bridgehead atoms. The summed E-state index contributed by atoms with van der Waals surface area (Å²) in [5.74, 6) is -0.200. The van der Waals surface area contributed by atoms with Gasteiger partial charge in [-0.3, -0.25) is 9.69 Å². The molecule has 6 nitrogen and oxygen atoms in total. The van der Waals surface area contributed by atoms with Crippen molar-refractivity contribution in [1.82, 2.24) is 4.90 Å². The second-order valence-corrected chi connectivity index (χ2v) is 6.77. The molecule has 1 heterocycles. The Kier molecular flexibility index (Phi) is 5.23. The highest BCUT2D eigenvalue weighted by atomic mass is 16.4. The van der Waals surface area contributed by atoms with Crippen molar-refractivity contribution in [2.75, 3.05) is 31.6 Å². The van der Waals surface area contributed by atoms with E-state index in [9.17, 15) is 14.7 Å². The van der Waals surface area contributed by atoms with E-state index in [-0.39, 0.29) is 0 Å². The van der Waals surface area contributed by atoms with Gasteiger partial charge in [0.05, 0.1) is 5.69 Å². The third kappa shape index (κ3) is 3.86. The van der Waals surface area contributed by atoms with Gasteiger partial charge in [0.1, 0.15) is 0 Å². The first-order valence-corrected chi connectivity index (χ1v) is 8.64. The molecule has 0 aliphatic carbocycles. The fourth-order valence-corrected chi connectivity index (χ4v) is 3.51. The van der Waals surface area contributed by atoms with Crippen LogP contribution in [-0.4, -0.2) is 48.7 Å². The Morgan fingerprint density at radius 3 is 2.65 bits per heavy atom. The van der Waals surface area contributed by atoms with Gasteiger partial charge in [-0.25, -0.2) is 4.79 Å². The van der Waals surface area contributed by atoms with Gasteiger partial charge in [0, 0.05) is 24.2 Å². The van der Waals surface area contributed by atoms with Crippen LogP contribution >= 0.6 is 0 Å². The number of benzene rings is 2. The van der Waals surface area contributed by atoms with Crippen molar-refractivity contribution in [2.24, 2.45) is 11.7 Å². The number of para-hydroxylation sites is 1. The molecule has 1 fully saturated rings. The Morgan fingerprint density at radius 1 is 1.23 bits per heavy atom. The highest BCUT2D eigenvalue weighted by Gasteiger charge is 2.26. The van der Waals surface area contributed by atoms with Crippen LogP contribution in [-0.2, 0) is 0 Å². The number of nitrogens with zero attached hydrogens (tertiary/aromatic N) is 2. The summed E-state index contributed by atoms with van der Waals surface area (Å²) in [5.41, 5.74) is 7.94. The lowest BCUT2D eigenvalue weighted by molar-refractivity contribution is 0.1000. The third-order valence-electron chi connectivity index (χ3n) is 4.81. The molecule has 0 spiro atoms. The van der Waals surface area contributed by atoms with Crippen molar-refractivity contribution < 1.29 is 14.7 Å². The van der Waals surface area contributed by atoms with E-state index in [4.69, 9.17) is 5.73 Å². The largest absolute Gasteiger partial charge is 0.465 e. The lowest BCUT2D eigenvalue weighted by Gasteiger charge is -2.25. The summed E-state index contributed by atoms with van der Waals surface area (Å²) in [5, 5.41) is 9.81. The third-order valence-corrected chi connectivity index (χ3v) is 4.81. The Balaban J connectivity index is 1.97. The number of hydrogen-bond acceptors (Lipinski definition) is 3. The van der Waals surface area contributed by atoms with E-state index in [0.717, 1.165) is 30.6 Å². The van der Waals surface area contributed by atoms with Crippen LogP contribution in [0.1, 0.15) is 16.8 Å². The predicted octanol–water partition coefficient (Wildman–Crippen LogP) is 2.89. The molecule has 1 aliphatic heterocycles. The Labute approximate surface area is 152 Å². The first kappa shape index (κ1) is 17.9. The van der Waals surface area contributed by atoms with Crippen molar-refractivity contribution in [1.29, 1.82) is 0 Å². The number of rotatable bonds is 5. The van der Waals surface area contributed by atoms with Crippen molar-refractivity contribution in [3.05, 3.63) is 54.1 Å². The molecule has 26 heavy (non-hydrogen) atoms. The van der Waals surface area contributed by atoms with Gasteiger partial charge in [0.25, 0.3) is 0 Å². The van der Waals surface area contributed by atoms with E-state index in [1.54, 1.807) is 24.3 Å². The molecule has 0 saturated carbocycles. The van der Waals surface area contributed by atoms with E-state index in [2.05, 4.69) is 4.90 Å². The van der Waals surface area contributed by atoms with E-state index < -0.39 is 12.0 Å². The minimum absolute atomic E-state index is 0.307. The van der Waals surface area contributed by atoms with Gasteiger partial charge in [-0.05, 0) is 49.7 Å². The fraction of sp³-hybridized carbons (Fsp3) is 0.300. The molecule has 1 atom stereocenters. The standard InChI is InChI=1S/C20H23N3O3/c1-22-10-9-14(12-22)13-23(20(25)26)18-8-3-2-7-17(18)15-5-4-6-16(11-15)19(21)24/h2-8,11,14H,9-10,12-13H2,1H3,(H2,21,24)(H,25,26)/t14-/m1/s1. The van der Waals surface area contributed by atoms with E-state index in [0.29, 0.717) is 23.7 Å². The molecule has 2 aromatic carbocycles. The van der Waals surface area contributed by atoms with Gasteiger partial charge < -0.3 is 15.7 Å². The molecule has 136 valence electrons. The molecule has 0 radical (unpaired) electrons. The summed E-state index contributed by atoms with van der Waals surface area (Å²) in [6.45, 7) is 2.33. The number of nitrogens with two attached hydrogens (primary N) is 1. The van der Waals surface area contributed by atoms with Gasteiger partial charge in [-0.15, -0.1) is 0 Å². The normalized spacial score (nSPS) is 17.2. The van der Waals surface area contributed by atoms with Crippen molar-refractivity contribution in [2.45, 2.75) is 6.42 Å². The highest BCUT2D eigenvalue weighted by molar-refractivity contribution is 5.96. The maximum Gasteiger partial charge on any atom is 0.411 e. The molecule has 2 aromatic rings. The molecule has 2 amide bonds. The predicted molar refractivity (Wildman–Crippen MR) is 101 cm³/mol. The van der Waals surface area contributed by atoms with Crippen LogP contribution in [0.15, 0.2) is 48.5 Å². The molecular formula is C20H23N3O3. The van der Waals surface area contributed by atoms with Crippen LogP contribution in [0.4, 0.5) is 10.5 Å². The van der Waals surface area contributed by atoms with Crippen LogP contribution in [0.3, 0.4) is 0 Å². The van der Waals surface area contributed by atoms with Crippen molar-refractivity contribution in [3.63, 3.8) is 0 Å². The topological polar surface area (TPSA) is 86.9 Å². The smallest absolute Gasteiger partial charge is 0.411 e. The number of hydrogen-bond donors (Lipinski definition) is 2. The van der Waals surface area contributed by atoms with Crippen LogP contribution in [0.2, 0.25) is 0 Å². The summed E-state index contributed by atoms with van der Waals surface area (Å²) in [6, 6.07) is 14.3. The molecule has 3 N–H and O–H groups in total. The Hall–Kier alpha value is -2.86. The second kappa shape index (κ2) is 7.58. The maximum atomic E-state index is 12.0. The van der Waals surface area contributed by atoms with E-state index in [1.807, 2.05) is 31.3 Å². The number of carboxylic acid groups (broad SMARTS) is 1. The average Bonchev–Trinajstić information content (AvgIpc) is 3.04. The quantitative estimate of drug-likeness (QED) is 0.865. The first-order chi connectivity index (χ1) is 12.5.